The Morgan fingerprint density at radius 1 is 1.58 bits per heavy atom. The largest absolute Gasteiger partial charge is 0.463 e. The number of furan rings is 1. The third-order valence-electron chi connectivity index (χ3n) is 1.44. The van der Waals surface area contributed by atoms with Crippen LogP contribution in [0, 0.1) is 0 Å². The van der Waals surface area contributed by atoms with Gasteiger partial charge in [-0.3, -0.25) is 4.99 Å². The minimum atomic E-state index is 0.813. The highest BCUT2D eigenvalue weighted by atomic mass is 16.3. The summed E-state index contributed by atoms with van der Waals surface area (Å²) in [5, 5.41) is 0. The molecule has 1 heterocycles. The molecule has 66 valence electrons. The molecule has 0 saturated carbocycles. The summed E-state index contributed by atoms with van der Waals surface area (Å²) in [4.78, 5) is 6.29. The van der Waals surface area contributed by atoms with E-state index >= 15 is 0 Å². The first-order valence-corrected chi connectivity index (χ1v) is 3.97. The SMILES string of the molecule is CN(C)CCN=Cc1ccco1. The van der Waals surface area contributed by atoms with Crippen LogP contribution in [0.5, 0.6) is 0 Å². The zero-order chi connectivity index (χ0) is 8.81. The van der Waals surface area contributed by atoms with Crippen molar-refractivity contribution in [3.8, 4) is 0 Å². The lowest BCUT2D eigenvalue weighted by Gasteiger charge is -2.04. The van der Waals surface area contributed by atoms with Gasteiger partial charge >= 0.3 is 0 Å². The Morgan fingerprint density at radius 2 is 2.42 bits per heavy atom. The van der Waals surface area contributed by atoms with E-state index in [1.165, 1.54) is 0 Å². The summed E-state index contributed by atoms with van der Waals surface area (Å²) in [5.41, 5.74) is 0. The van der Waals surface area contributed by atoms with E-state index in [2.05, 4.69) is 9.89 Å². The lowest BCUT2D eigenvalue weighted by atomic mass is 10.5. The minimum Gasteiger partial charge on any atom is -0.463 e. The van der Waals surface area contributed by atoms with E-state index < -0.39 is 0 Å². The van der Waals surface area contributed by atoms with Gasteiger partial charge in [0.2, 0.25) is 0 Å². The van der Waals surface area contributed by atoms with Gasteiger partial charge in [-0.2, -0.15) is 0 Å². The van der Waals surface area contributed by atoms with E-state index in [9.17, 15) is 0 Å². The first kappa shape index (κ1) is 9.00. The van der Waals surface area contributed by atoms with Gasteiger partial charge in [0.25, 0.3) is 0 Å². The van der Waals surface area contributed by atoms with Crippen molar-refractivity contribution in [3.63, 3.8) is 0 Å². The summed E-state index contributed by atoms with van der Waals surface area (Å²) >= 11 is 0. The Labute approximate surface area is 72.7 Å². The van der Waals surface area contributed by atoms with Crippen molar-refractivity contribution in [1.82, 2.24) is 4.90 Å². The average Bonchev–Trinajstić information content (AvgIpc) is 2.49. The van der Waals surface area contributed by atoms with E-state index in [-0.39, 0.29) is 0 Å². The Hall–Kier alpha value is -1.09. The zero-order valence-corrected chi connectivity index (χ0v) is 7.53. The molecule has 0 aliphatic heterocycles. The second-order valence-electron chi connectivity index (χ2n) is 2.85. The number of aliphatic imine (C=N–C) groups is 1. The van der Waals surface area contributed by atoms with Crippen LogP contribution < -0.4 is 0 Å². The van der Waals surface area contributed by atoms with Crippen LogP contribution in [0.3, 0.4) is 0 Å². The Balaban J connectivity index is 2.23. The van der Waals surface area contributed by atoms with Crippen molar-refractivity contribution >= 4 is 6.21 Å². The van der Waals surface area contributed by atoms with Gasteiger partial charge in [-0.15, -0.1) is 0 Å². The number of likely N-dealkylation sites (N-methyl/N-ethyl adjacent to an activating group) is 1. The van der Waals surface area contributed by atoms with Crippen molar-refractivity contribution in [2.75, 3.05) is 27.2 Å². The van der Waals surface area contributed by atoms with Crippen molar-refractivity contribution in [2.45, 2.75) is 0 Å². The lowest BCUT2D eigenvalue weighted by molar-refractivity contribution is 0.420. The molecule has 0 fully saturated rings. The first-order valence-electron chi connectivity index (χ1n) is 3.97. The van der Waals surface area contributed by atoms with Gasteiger partial charge < -0.3 is 9.32 Å². The zero-order valence-electron chi connectivity index (χ0n) is 7.53. The molecular formula is C9H14N2O. The molecule has 0 bridgehead atoms. The molecule has 0 aliphatic carbocycles. The molecule has 12 heavy (non-hydrogen) atoms. The van der Waals surface area contributed by atoms with Crippen LogP contribution in [0.2, 0.25) is 0 Å². The Bertz CT molecular complexity index is 227. The van der Waals surface area contributed by atoms with Crippen LogP contribution in [0.1, 0.15) is 5.76 Å². The van der Waals surface area contributed by atoms with E-state index in [0.717, 1.165) is 18.8 Å². The highest BCUT2D eigenvalue weighted by Crippen LogP contribution is 1.94. The van der Waals surface area contributed by atoms with E-state index in [1.54, 1.807) is 12.5 Å². The standard InChI is InChI=1S/C9H14N2O/c1-11(2)6-5-10-8-9-4-3-7-12-9/h3-4,7-8H,5-6H2,1-2H3. The molecule has 0 atom stereocenters. The fourth-order valence-electron chi connectivity index (χ4n) is 0.777. The number of nitrogens with zero attached hydrogens (tertiary/aromatic N) is 2. The van der Waals surface area contributed by atoms with Crippen LogP contribution in [0.4, 0.5) is 0 Å². The summed E-state index contributed by atoms with van der Waals surface area (Å²) in [6.07, 6.45) is 3.40. The average molecular weight is 166 g/mol. The third-order valence-corrected chi connectivity index (χ3v) is 1.44. The van der Waals surface area contributed by atoms with Crippen molar-refractivity contribution in [2.24, 2.45) is 4.99 Å². The predicted molar refractivity (Wildman–Crippen MR) is 49.7 cm³/mol. The van der Waals surface area contributed by atoms with Crippen molar-refractivity contribution < 1.29 is 4.42 Å². The maximum Gasteiger partial charge on any atom is 0.144 e. The van der Waals surface area contributed by atoms with Gasteiger partial charge in [-0.1, -0.05) is 0 Å². The van der Waals surface area contributed by atoms with Gasteiger partial charge in [-0.25, -0.2) is 0 Å². The minimum absolute atomic E-state index is 0.813. The summed E-state index contributed by atoms with van der Waals surface area (Å²) in [6, 6.07) is 3.74. The fourth-order valence-corrected chi connectivity index (χ4v) is 0.777. The molecule has 1 aromatic rings. The van der Waals surface area contributed by atoms with E-state index in [0.29, 0.717) is 0 Å². The van der Waals surface area contributed by atoms with Gasteiger partial charge in [0, 0.05) is 6.54 Å². The molecular weight excluding hydrogens is 152 g/mol. The molecule has 0 unspecified atom stereocenters. The number of hydrogen-bond acceptors (Lipinski definition) is 3. The molecule has 3 heteroatoms. The molecule has 0 amide bonds. The normalized spacial score (nSPS) is 11.6. The molecule has 0 spiro atoms. The maximum atomic E-state index is 5.08. The van der Waals surface area contributed by atoms with Crippen LogP contribution >= 0.6 is 0 Å². The van der Waals surface area contributed by atoms with Gasteiger partial charge in [-0.05, 0) is 26.2 Å². The molecule has 1 aromatic heterocycles. The van der Waals surface area contributed by atoms with Crippen LogP contribution in [-0.2, 0) is 0 Å². The van der Waals surface area contributed by atoms with Gasteiger partial charge in [0.05, 0.1) is 19.0 Å². The van der Waals surface area contributed by atoms with Crippen molar-refractivity contribution in [3.05, 3.63) is 24.2 Å². The molecule has 0 N–H and O–H groups in total. The van der Waals surface area contributed by atoms with E-state index in [4.69, 9.17) is 4.42 Å². The number of hydrogen-bond donors (Lipinski definition) is 0. The molecule has 0 aliphatic rings. The summed E-state index contributed by atoms with van der Waals surface area (Å²) in [6.45, 7) is 1.78. The predicted octanol–water partition coefficient (Wildman–Crippen LogP) is 1.26. The van der Waals surface area contributed by atoms with E-state index in [1.807, 2.05) is 26.2 Å². The molecule has 1 rings (SSSR count). The maximum absolute atomic E-state index is 5.08. The van der Waals surface area contributed by atoms with Crippen LogP contribution in [0.25, 0.3) is 0 Å². The molecule has 0 saturated heterocycles. The monoisotopic (exact) mass is 166 g/mol. The smallest absolute Gasteiger partial charge is 0.144 e. The second-order valence-corrected chi connectivity index (χ2v) is 2.85. The fraction of sp³-hybridized carbons (Fsp3) is 0.444. The topological polar surface area (TPSA) is 28.7 Å². The van der Waals surface area contributed by atoms with Gasteiger partial charge in [0.1, 0.15) is 5.76 Å². The summed E-state index contributed by atoms with van der Waals surface area (Å²) in [7, 11) is 4.06. The first-order chi connectivity index (χ1) is 5.79. The Kier molecular flexibility index (Phi) is 3.54. The third kappa shape index (κ3) is 3.34. The molecule has 0 aromatic carbocycles. The quantitative estimate of drug-likeness (QED) is 0.630. The Morgan fingerprint density at radius 3 is 3.00 bits per heavy atom. The van der Waals surface area contributed by atoms with Crippen molar-refractivity contribution in [1.29, 1.82) is 0 Å². The molecule has 0 radical (unpaired) electrons. The highest BCUT2D eigenvalue weighted by molar-refractivity contribution is 5.75. The highest BCUT2D eigenvalue weighted by Gasteiger charge is 1.88. The second kappa shape index (κ2) is 4.72. The van der Waals surface area contributed by atoms with Crippen LogP contribution in [-0.4, -0.2) is 38.3 Å². The summed E-state index contributed by atoms with van der Waals surface area (Å²) < 4.78 is 5.08. The lowest BCUT2D eigenvalue weighted by Crippen LogP contribution is -2.15. The molecule has 3 nitrogen and oxygen atoms in total. The number of rotatable bonds is 4. The van der Waals surface area contributed by atoms with Gasteiger partial charge in [0.15, 0.2) is 0 Å². The van der Waals surface area contributed by atoms with Crippen LogP contribution in [0.15, 0.2) is 27.8 Å². The summed E-state index contributed by atoms with van der Waals surface area (Å²) in [5.74, 6) is 0.814.